The molecule has 7 nitrogen and oxygen atoms in total. The van der Waals surface area contributed by atoms with Crippen molar-refractivity contribution in [3.8, 4) is 17.2 Å². The van der Waals surface area contributed by atoms with E-state index in [-0.39, 0.29) is 12.4 Å². The number of rotatable bonds is 2. The molecular weight excluding hydrogens is 274 g/mol. The molecule has 2 heterocycles. The number of nitrogens with zero attached hydrogens (tertiary/aromatic N) is 3. The largest absolute Gasteiger partial charge is 0.478 e. The molecule has 2 aromatic carbocycles. The molecule has 1 aromatic heterocycles. The number of aromatic nitrogens is 3. The molecule has 1 aliphatic heterocycles. The van der Waals surface area contributed by atoms with Crippen LogP contribution in [0.1, 0.15) is 10.4 Å². The third-order valence-corrected chi connectivity index (χ3v) is 3.29. The van der Waals surface area contributed by atoms with Gasteiger partial charge in [-0.25, -0.2) is 9.48 Å². The van der Waals surface area contributed by atoms with Crippen molar-refractivity contribution in [3.63, 3.8) is 0 Å². The Morgan fingerprint density at radius 3 is 2.86 bits per heavy atom. The zero-order chi connectivity index (χ0) is 14.4. The van der Waals surface area contributed by atoms with E-state index in [9.17, 15) is 4.79 Å². The highest BCUT2D eigenvalue weighted by atomic mass is 16.7. The van der Waals surface area contributed by atoms with Crippen molar-refractivity contribution >= 4 is 17.0 Å². The Morgan fingerprint density at radius 1 is 1.14 bits per heavy atom. The summed E-state index contributed by atoms with van der Waals surface area (Å²) < 4.78 is 12.2. The number of carboxylic acid groups (broad SMARTS) is 1. The van der Waals surface area contributed by atoms with Gasteiger partial charge in [-0.05, 0) is 30.3 Å². The highest BCUT2D eigenvalue weighted by Crippen LogP contribution is 2.34. The summed E-state index contributed by atoms with van der Waals surface area (Å²) in [6.07, 6.45) is 0. The van der Waals surface area contributed by atoms with Gasteiger partial charge in [0.15, 0.2) is 11.5 Å². The van der Waals surface area contributed by atoms with Crippen LogP contribution in [-0.4, -0.2) is 32.9 Å². The highest BCUT2D eigenvalue weighted by Gasteiger charge is 2.16. The smallest absolute Gasteiger partial charge is 0.335 e. The third-order valence-electron chi connectivity index (χ3n) is 3.29. The van der Waals surface area contributed by atoms with E-state index >= 15 is 0 Å². The van der Waals surface area contributed by atoms with Gasteiger partial charge >= 0.3 is 5.97 Å². The first-order valence-electron chi connectivity index (χ1n) is 6.21. The van der Waals surface area contributed by atoms with Gasteiger partial charge in [-0.15, -0.1) is 5.10 Å². The molecule has 4 rings (SSSR count). The van der Waals surface area contributed by atoms with Crippen LogP contribution in [0, 0.1) is 0 Å². The van der Waals surface area contributed by atoms with Gasteiger partial charge in [-0.3, -0.25) is 0 Å². The summed E-state index contributed by atoms with van der Waals surface area (Å²) in [4.78, 5) is 11.0. The fourth-order valence-corrected chi connectivity index (χ4v) is 2.26. The normalized spacial score (nSPS) is 12.8. The Hall–Kier alpha value is -3.09. The lowest BCUT2D eigenvalue weighted by Gasteiger charge is -2.03. The van der Waals surface area contributed by atoms with Crippen molar-refractivity contribution in [1.82, 2.24) is 15.0 Å². The van der Waals surface area contributed by atoms with Crippen LogP contribution in [0.5, 0.6) is 11.5 Å². The first kappa shape index (κ1) is 11.7. The number of aromatic carboxylic acids is 1. The molecule has 7 heteroatoms. The average molecular weight is 283 g/mol. The number of carbonyl (C=O) groups is 1. The molecule has 0 unspecified atom stereocenters. The summed E-state index contributed by atoms with van der Waals surface area (Å²) in [7, 11) is 0. The second-order valence-corrected chi connectivity index (χ2v) is 4.55. The van der Waals surface area contributed by atoms with Crippen LogP contribution in [0.25, 0.3) is 16.7 Å². The Morgan fingerprint density at radius 2 is 2.00 bits per heavy atom. The van der Waals surface area contributed by atoms with E-state index in [0.29, 0.717) is 17.0 Å². The van der Waals surface area contributed by atoms with Crippen molar-refractivity contribution in [1.29, 1.82) is 0 Å². The van der Waals surface area contributed by atoms with Gasteiger partial charge in [0, 0.05) is 6.07 Å². The maximum Gasteiger partial charge on any atom is 0.335 e. The molecule has 0 fully saturated rings. The molecule has 3 aromatic rings. The number of hydrogen-bond acceptors (Lipinski definition) is 5. The van der Waals surface area contributed by atoms with Crippen LogP contribution in [0.15, 0.2) is 36.4 Å². The van der Waals surface area contributed by atoms with E-state index in [1.54, 1.807) is 16.8 Å². The van der Waals surface area contributed by atoms with Crippen molar-refractivity contribution < 1.29 is 19.4 Å². The number of carboxylic acids is 1. The summed E-state index contributed by atoms with van der Waals surface area (Å²) in [5.41, 5.74) is 2.19. The number of hydrogen-bond donors (Lipinski definition) is 1. The zero-order valence-electron chi connectivity index (χ0n) is 10.7. The van der Waals surface area contributed by atoms with Crippen LogP contribution in [0.4, 0.5) is 0 Å². The molecule has 0 spiro atoms. The molecule has 0 bridgehead atoms. The van der Waals surface area contributed by atoms with Gasteiger partial charge < -0.3 is 14.6 Å². The van der Waals surface area contributed by atoms with E-state index in [1.807, 2.05) is 12.1 Å². The fourth-order valence-electron chi connectivity index (χ4n) is 2.26. The molecule has 21 heavy (non-hydrogen) atoms. The van der Waals surface area contributed by atoms with Crippen LogP contribution < -0.4 is 9.47 Å². The third kappa shape index (κ3) is 1.78. The van der Waals surface area contributed by atoms with Gasteiger partial charge in [0.2, 0.25) is 6.79 Å². The van der Waals surface area contributed by atoms with Crippen LogP contribution in [0.2, 0.25) is 0 Å². The minimum Gasteiger partial charge on any atom is -0.478 e. The lowest BCUT2D eigenvalue weighted by molar-refractivity contribution is 0.0697. The van der Waals surface area contributed by atoms with Crippen molar-refractivity contribution in [2.24, 2.45) is 0 Å². The van der Waals surface area contributed by atoms with Gasteiger partial charge in [0.25, 0.3) is 0 Å². The Balaban J connectivity index is 1.85. The minimum absolute atomic E-state index is 0.181. The van der Waals surface area contributed by atoms with Gasteiger partial charge in [0.05, 0.1) is 16.8 Å². The van der Waals surface area contributed by atoms with E-state index in [4.69, 9.17) is 14.6 Å². The molecule has 0 aliphatic carbocycles. The van der Waals surface area contributed by atoms with Gasteiger partial charge in [0.1, 0.15) is 5.52 Å². The molecular formula is C14H9N3O4. The van der Waals surface area contributed by atoms with Gasteiger partial charge in [-0.2, -0.15) is 0 Å². The fraction of sp³-hybridized carbons (Fsp3) is 0.0714. The molecule has 0 saturated heterocycles. The van der Waals surface area contributed by atoms with Crippen molar-refractivity contribution in [3.05, 3.63) is 42.0 Å². The maximum absolute atomic E-state index is 11.0. The monoisotopic (exact) mass is 283 g/mol. The standard InChI is InChI=1S/C14H9N3O4/c18-14(19)8-1-3-11-10(5-8)15-16-17(11)9-2-4-12-13(6-9)21-7-20-12/h1-6H,7H2,(H,18,19). The lowest BCUT2D eigenvalue weighted by Crippen LogP contribution is -1.98. The average Bonchev–Trinajstić information content (AvgIpc) is 3.12. The second-order valence-electron chi connectivity index (χ2n) is 4.55. The SMILES string of the molecule is O=C(O)c1ccc2c(c1)nnn2-c1ccc2c(c1)OCO2. The molecule has 104 valence electrons. The van der Waals surface area contributed by atoms with E-state index < -0.39 is 5.97 Å². The zero-order valence-corrected chi connectivity index (χ0v) is 10.7. The van der Waals surface area contributed by atoms with Crippen LogP contribution in [0.3, 0.4) is 0 Å². The Bertz CT molecular complexity index is 872. The summed E-state index contributed by atoms with van der Waals surface area (Å²) >= 11 is 0. The first-order chi connectivity index (χ1) is 10.2. The first-order valence-corrected chi connectivity index (χ1v) is 6.21. The molecule has 1 N–H and O–H groups in total. The predicted octanol–water partition coefficient (Wildman–Crippen LogP) is 1.85. The van der Waals surface area contributed by atoms with E-state index in [0.717, 1.165) is 11.2 Å². The minimum atomic E-state index is -0.991. The Kier molecular flexibility index (Phi) is 2.34. The molecule has 1 aliphatic rings. The lowest BCUT2D eigenvalue weighted by atomic mass is 10.2. The topological polar surface area (TPSA) is 86.5 Å². The summed E-state index contributed by atoms with van der Waals surface area (Å²) in [6.45, 7) is 0.207. The van der Waals surface area contributed by atoms with E-state index in [1.165, 1.54) is 12.1 Å². The number of ether oxygens (including phenoxy) is 2. The van der Waals surface area contributed by atoms with Crippen LogP contribution >= 0.6 is 0 Å². The quantitative estimate of drug-likeness (QED) is 0.772. The number of benzene rings is 2. The van der Waals surface area contributed by atoms with Crippen LogP contribution in [-0.2, 0) is 0 Å². The summed E-state index contributed by atoms with van der Waals surface area (Å²) in [5.74, 6) is 0.351. The predicted molar refractivity (Wildman–Crippen MR) is 71.9 cm³/mol. The maximum atomic E-state index is 11.0. The number of fused-ring (bicyclic) bond motifs is 2. The Labute approximate surface area is 118 Å². The molecule has 0 atom stereocenters. The van der Waals surface area contributed by atoms with Crippen molar-refractivity contribution in [2.75, 3.05) is 6.79 Å². The van der Waals surface area contributed by atoms with E-state index in [2.05, 4.69) is 10.3 Å². The second kappa shape index (κ2) is 4.20. The summed E-state index contributed by atoms with van der Waals surface area (Å²) in [5, 5.41) is 17.1. The highest BCUT2D eigenvalue weighted by molar-refractivity contribution is 5.92. The molecule has 0 saturated carbocycles. The van der Waals surface area contributed by atoms with Crippen molar-refractivity contribution in [2.45, 2.75) is 0 Å². The molecule has 0 amide bonds. The van der Waals surface area contributed by atoms with Gasteiger partial charge in [-0.1, -0.05) is 5.21 Å². The summed E-state index contributed by atoms with van der Waals surface area (Å²) in [6, 6.07) is 10.2. The molecule has 0 radical (unpaired) electrons.